The molecule has 0 aromatic heterocycles. The Bertz CT molecular complexity index is 679. The summed E-state index contributed by atoms with van der Waals surface area (Å²) >= 11 is 6.00. The fraction of sp³-hybridized carbons (Fsp3) is 0.133. The number of rotatable bonds is 4. The summed E-state index contributed by atoms with van der Waals surface area (Å²) in [4.78, 5) is 11.5. The Morgan fingerprint density at radius 3 is 2.45 bits per heavy atom. The van der Waals surface area contributed by atoms with Crippen LogP contribution in [0.25, 0.3) is 10.8 Å². The highest BCUT2D eigenvalue weighted by molar-refractivity contribution is 6.31. The molecule has 4 nitrogen and oxygen atoms in total. The zero-order valence-electron chi connectivity index (χ0n) is 11.1. The highest BCUT2D eigenvalue weighted by Crippen LogP contribution is 2.42. The summed E-state index contributed by atoms with van der Waals surface area (Å²) in [5.41, 5.74) is 0. The molecule has 0 saturated heterocycles. The van der Waals surface area contributed by atoms with E-state index < -0.39 is 5.97 Å². The minimum atomic E-state index is -0.565. The van der Waals surface area contributed by atoms with Crippen molar-refractivity contribution in [1.82, 2.24) is 0 Å². The molecule has 0 radical (unpaired) electrons. The SMILES string of the molecule is C=CC(=O)Oc1c(OC)cc(OC)c2cc(Cl)ccc12. The van der Waals surface area contributed by atoms with E-state index in [4.69, 9.17) is 25.8 Å². The topological polar surface area (TPSA) is 44.8 Å². The normalized spacial score (nSPS) is 10.2. The van der Waals surface area contributed by atoms with Gasteiger partial charge < -0.3 is 14.2 Å². The molecule has 104 valence electrons. The van der Waals surface area contributed by atoms with Crippen LogP contribution in [0.4, 0.5) is 0 Å². The number of halogens is 1. The monoisotopic (exact) mass is 292 g/mol. The predicted octanol–water partition coefficient (Wildman–Crippen LogP) is 3.60. The maximum absolute atomic E-state index is 11.5. The van der Waals surface area contributed by atoms with E-state index in [-0.39, 0.29) is 0 Å². The second kappa shape index (κ2) is 5.84. The molecule has 2 aromatic carbocycles. The Morgan fingerprint density at radius 2 is 1.85 bits per heavy atom. The minimum Gasteiger partial charge on any atom is -0.496 e. The Balaban J connectivity index is 2.76. The summed E-state index contributed by atoms with van der Waals surface area (Å²) in [5, 5.41) is 1.95. The standard InChI is InChI=1S/C15H13ClO4/c1-4-14(17)20-15-10-6-5-9(16)7-11(10)12(18-2)8-13(15)19-3/h4-8H,1H2,2-3H3. The molecule has 0 aliphatic carbocycles. The van der Waals surface area contributed by atoms with Crippen LogP contribution >= 0.6 is 11.6 Å². The summed E-state index contributed by atoms with van der Waals surface area (Å²) in [7, 11) is 3.03. The Hall–Kier alpha value is -2.20. The molecule has 0 saturated carbocycles. The van der Waals surface area contributed by atoms with Crippen molar-refractivity contribution >= 4 is 28.3 Å². The van der Waals surface area contributed by atoms with E-state index in [1.165, 1.54) is 7.11 Å². The van der Waals surface area contributed by atoms with Crippen LogP contribution < -0.4 is 14.2 Å². The number of benzene rings is 2. The highest BCUT2D eigenvalue weighted by Gasteiger charge is 2.17. The lowest BCUT2D eigenvalue weighted by Gasteiger charge is -2.14. The summed E-state index contributed by atoms with van der Waals surface area (Å²) in [6, 6.07) is 6.83. The molecule has 5 heteroatoms. The van der Waals surface area contributed by atoms with Gasteiger partial charge >= 0.3 is 5.97 Å². The van der Waals surface area contributed by atoms with Crippen molar-refractivity contribution < 1.29 is 19.0 Å². The Labute approximate surface area is 121 Å². The first-order valence-corrected chi connectivity index (χ1v) is 6.17. The van der Waals surface area contributed by atoms with Gasteiger partial charge in [0.2, 0.25) is 0 Å². The van der Waals surface area contributed by atoms with Gasteiger partial charge in [-0.25, -0.2) is 4.79 Å². The number of ether oxygens (including phenoxy) is 3. The van der Waals surface area contributed by atoms with Crippen LogP contribution in [0.2, 0.25) is 5.02 Å². The molecule has 0 atom stereocenters. The van der Waals surface area contributed by atoms with E-state index in [9.17, 15) is 4.79 Å². The fourth-order valence-electron chi connectivity index (χ4n) is 1.88. The molecule has 0 aliphatic rings. The van der Waals surface area contributed by atoms with Gasteiger partial charge in [-0.15, -0.1) is 0 Å². The van der Waals surface area contributed by atoms with E-state index in [0.717, 1.165) is 11.5 Å². The van der Waals surface area contributed by atoms with Gasteiger partial charge in [0, 0.05) is 27.9 Å². The molecular weight excluding hydrogens is 280 g/mol. The number of hydrogen-bond acceptors (Lipinski definition) is 4. The van der Waals surface area contributed by atoms with Crippen LogP contribution in [0.3, 0.4) is 0 Å². The first-order chi connectivity index (χ1) is 9.60. The molecule has 0 spiro atoms. The van der Waals surface area contributed by atoms with Gasteiger partial charge in [0.25, 0.3) is 0 Å². The van der Waals surface area contributed by atoms with E-state index in [1.54, 1.807) is 31.4 Å². The molecule has 0 unspecified atom stereocenters. The van der Waals surface area contributed by atoms with Crippen molar-refractivity contribution in [3.63, 3.8) is 0 Å². The number of fused-ring (bicyclic) bond motifs is 1. The Kier molecular flexibility index (Phi) is 4.15. The number of carbonyl (C=O) groups excluding carboxylic acids is 1. The van der Waals surface area contributed by atoms with Gasteiger partial charge in [-0.1, -0.05) is 18.2 Å². The smallest absolute Gasteiger partial charge is 0.335 e. The van der Waals surface area contributed by atoms with Gasteiger partial charge in [-0.2, -0.15) is 0 Å². The molecule has 0 bridgehead atoms. The molecular formula is C15H13ClO4. The van der Waals surface area contributed by atoms with Gasteiger partial charge in [-0.05, 0) is 18.2 Å². The van der Waals surface area contributed by atoms with Crippen LogP contribution in [0, 0.1) is 0 Å². The summed E-state index contributed by atoms with van der Waals surface area (Å²) < 4.78 is 15.8. The van der Waals surface area contributed by atoms with Crippen LogP contribution in [0.5, 0.6) is 17.2 Å². The fourth-order valence-corrected chi connectivity index (χ4v) is 2.05. The van der Waals surface area contributed by atoms with E-state index in [2.05, 4.69) is 6.58 Å². The van der Waals surface area contributed by atoms with Crippen LogP contribution in [-0.2, 0) is 4.79 Å². The zero-order chi connectivity index (χ0) is 14.7. The van der Waals surface area contributed by atoms with Crippen molar-refractivity contribution in [2.75, 3.05) is 14.2 Å². The first-order valence-electron chi connectivity index (χ1n) is 5.79. The minimum absolute atomic E-state index is 0.310. The summed E-state index contributed by atoms with van der Waals surface area (Å²) in [6.45, 7) is 3.38. The third-order valence-electron chi connectivity index (χ3n) is 2.79. The van der Waals surface area contributed by atoms with Crippen molar-refractivity contribution in [3.05, 3.63) is 41.9 Å². The van der Waals surface area contributed by atoms with Crippen LogP contribution in [0.15, 0.2) is 36.9 Å². The zero-order valence-corrected chi connectivity index (χ0v) is 11.9. The quantitative estimate of drug-likeness (QED) is 0.491. The van der Waals surface area contributed by atoms with Gasteiger partial charge in [0.15, 0.2) is 11.5 Å². The average Bonchev–Trinajstić information content (AvgIpc) is 2.47. The van der Waals surface area contributed by atoms with E-state index in [0.29, 0.717) is 27.7 Å². The highest BCUT2D eigenvalue weighted by atomic mass is 35.5. The maximum Gasteiger partial charge on any atom is 0.335 e. The average molecular weight is 293 g/mol. The van der Waals surface area contributed by atoms with Crippen molar-refractivity contribution in [1.29, 1.82) is 0 Å². The number of carbonyl (C=O) groups is 1. The largest absolute Gasteiger partial charge is 0.496 e. The number of esters is 1. The van der Waals surface area contributed by atoms with Crippen molar-refractivity contribution in [2.45, 2.75) is 0 Å². The van der Waals surface area contributed by atoms with Crippen LogP contribution in [-0.4, -0.2) is 20.2 Å². The van der Waals surface area contributed by atoms with Gasteiger partial charge in [0.1, 0.15) is 5.75 Å². The molecule has 2 rings (SSSR count). The van der Waals surface area contributed by atoms with Gasteiger partial charge in [-0.3, -0.25) is 0 Å². The van der Waals surface area contributed by atoms with Crippen molar-refractivity contribution in [3.8, 4) is 17.2 Å². The Morgan fingerprint density at radius 1 is 1.15 bits per heavy atom. The maximum atomic E-state index is 11.5. The van der Waals surface area contributed by atoms with E-state index >= 15 is 0 Å². The molecule has 0 amide bonds. The molecule has 2 aromatic rings. The van der Waals surface area contributed by atoms with Crippen molar-refractivity contribution in [2.24, 2.45) is 0 Å². The predicted molar refractivity (Wildman–Crippen MR) is 77.9 cm³/mol. The molecule has 0 N–H and O–H groups in total. The first kappa shape index (κ1) is 14.2. The molecule has 20 heavy (non-hydrogen) atoms. The third-order valence-corrected chi connectivity index (χ3v) is 3.02. The lowest BCUT2D eigenvalue weighted by molar-refractivity contribution is -0.128. The third kappa shape index (κ3) is 2.56. The second-order valence-electron chi connectivity index (χ2n) is 3.93. The molecule has 0 aliphatic heterocycles. The lowest BCUT2D eigenvalue weighted by Crippen LogP contribution is -2.05. The number of hydrogen-bond donors (Lipinski definition) is 0. The summed E-state index contributed by atoms with van der Waals surface area (Å²) in [5.74, 6) is 0.721. The number of methoxy groups -OCH3 is 2. The molecule has 0 heterocycles. The molecule has 0 fully saturated rings. The summed E-state index contributed by atoms with van der Waals surface area (Å²) in [6.07, 6.45) is 1.09. The lowest BCUT2D eigenvalue weighted by atomic mass is 10.1. The van der Waals surface area contributed by atoms with Crippen LogP contribution in [0.1, 0.15) is 0 Å². The van der Waals surface area contributed by atoms with E-state index in [1.807, 2.05) is 0 Å². The second-order valence-corrected chi connectivity index (χ2v) is 4.36. The van der Waals surface area contributed by atoms with Gasteiger partial charge in [0.05, 0.1) is 14.2 Å².